The SMILES string of the molecule is CC1(C)CSc2ccccc21. The molecule has 0 aliphatic carbocycles. The average molecular weight is 164 g/mol. The minimum absolute atomic E-state index is 0.390. The van der Waals surface area contributed by atoms with E-state index in [0.29, 0.717) is 5.41 Å². The predicted molar refractivity (Wildman–Crippen MR) is 50.2 cm³/mol. The molecule has 58 valence electrons. The van der Waals surface area contributed by atoms with E-state index in [4.69, 9.17) is 0 Å². The monoisotopic (exact) mass is 164 g/mol. The van der Waals surface area contributed by atoms with Gasteiger partial charge in [0, 0.05) is 16.1 Å². The molecule has 0 aromatic heterocycles. The van der Waals surface area contributed by atoms with Crippen molar-refractivity contribution < 1.29 is 0 Å². The van der Waals surface area contributed by atoms with E-state index in [2.05, 4.69) is 38.1 Å². The second-order valence-electron chi connectivity index (χ2n) is 3.67. The van der Waals surface area contributed by atoms with Gasteiger partial charge in [0.15, 0.2) is 0 Å². The summed E-state index contributed by atoms with van der Waals surface area (Å²) in [6.45, 7) is 4.62. The Labute approximate surface area is 72.0 Å². The van der Waals surface area contributed by atoms with Crippen molar-refractivity contribution in [2.24, 2.45) is 0 Å². The van der Waals surface area contributed by atoms with Gasteiger partial charge in [-0.3, -0.25) is 0 Å². The largest absolute Gasteiger partial charge is 0.125 e. The molecule has 0 fully saturated rings. The van der Waals surface area contributed by atoms with Crippen molar-refractivity contribution >= 4 is 11.8 Å². The summed E-state index contributed by atoms with van der Waals surface area (Å²) >= 11 is 1.97. The highest BCUT2D eigenvalue weighted by atomic mass is 32.2. The van der Waals surface area contributed by atoms with Crippen LogP contribution in [0, 0.1) is 0 Å². The van der Waals surface area contributed by atoms with Crippen molar-refractivity contribution in [3.8, 4) is 0 Å². The fourth-order valence-corrected chi connectivity index (χ4v) is 2.83. The zero-order valence-corrected chi connectivity index (χ0v) is 7.74. The van der Waals surface area contributed by atoms with Gasteiger partial charge >= 0.3 is 0 Å². The Kier molecular flexibility index (Phi) is 1.50. The maximum atomic E-state index is 2.31. The molecule has 0 nitrogen and oxygen atoms in total. The van der Waals surface area contributed by atoms with E-state index in [1.165, 1.54) is 16.2 Å². The van der Waals surface area contributed by atoms with Gasteiger partial charge in [-0.05, 0) is 11.6 Å². The van der Waals surface area contributed by atoms with E-state index in [0.717, 1.165) is 0 Å². The van der Waals surface area contributed by atoms with Crippen LogP contribution in [0.2, 0.25) is 0 Å². The predicted octanol–water partition coefficient (Wildman–Crippen LogP) is 3.07. The van der Waals surface area contributed by atoms with E-state index in [1.807, 2.05) is 11.8 Å². The van der Waals surface area contributed by atoms with Crippen molar-refractivity contribution in [1.29, 1.82) is 0 Å². The maximum Gasteiger partial charge on any atom is 0.0110 e. The highest BCUT2D eigenvalue weighted by molar-refractivity contribution is 7.99. The van der Waals surface area contributed by atoms with E-state index in [9.17, 15) is 0 Å². The molecule has 0 N–H and O–H groups in total. The summed E-state index contributed by atoms with van der Waals surface area (Å²) in [6.07, 6.45) is 0. The molecule has 1 aromatic rings. The molecule has 2 rings (SSSR count). The van der Waals surface area contributed by atoms with Gasteiger partial charge in [0.25, 0.3) is 0 Å². The summed E-state index contributed by atoms with van der Waals surface area (Å²) in [6, 6.07) is 8.71. The first-order valence-electron chi connectivity index (χ1n) is 3.92. The number of hydrogen-bond donors (Lipinski definition) is 0. The van der Waals surface area contributed by atoms with Gasteiger partial charge in [-0.25, -0.2) is 0 Å². The summed E-state index contributed by atoms with van der Waals surface area (Å²) in [7, 11) is 0. The minimum atomic E-state index is 0.390. The van der Waals surface area contributed by atoms with Gasteiger partial charge < -0.3 is 0 Å². The first-order chi connectivity index (χ1) is 5.20. The lowest BCUT2D eigenvalue weighted by atomic mass is 9.87. The van der Waals surface area contributed by atoms with Gasteiger partial charge in [-0.2, -0.15) is 0 Å². The van der Waals surface area contributed by atoms with E-state index in [-0.39, 0.29) is 0 Å². The Balaban J connectivity index is 2.56. The quantitative estimate of drug-likeness (QED) is 0.568. The molecule has 0 atom stereocenters. The van der Waals surface area contributed by atoms with Crippen LogP contribution in [0.15, 0.2) is 29.2 Å². The lowest BCUT2D eigenvalue weighted by Crippen LogP contribution is -2.15. The van der Waals surface area contributed by atoms with Gasteiger partial charge in [-0.15, -0.1) is 11.8 Å². The molecule has 1 heterocycles. The summed E-state index contributed by atoms with van der Waals surface area (Å²) in [5.41, 5.74) is 1.91. The van der Waals surface area contributed by atoms with E-state index in [1.54, 1.807) is 0 Å². The van der Waals surface area contributed by atoms with Gasteiger partial charge in [0.1, 0.15) is 0 Å². The van der Waals surface area contributed by atoms with Crippen molar-refractivity contribution in [2.75, 3.05) is 5.75 Å². The molecule has 0 spiro atoms. The molecule has 11 heavy (non-hydrogen) atoms. The molecule has 1 heteroatoms. The standard InChI is InChI=1S/C10H12S/c1-10(2)7-11-9-6-4-3-5-8(9)10/h3-6H,7H2,1-2H3. The molecular weight excluding hydrogens is 152 g/mol. The first-order valence-corrected chi connectivity index (χ1v) is 4.91. The molecule has 0 unspecified atom stereocenters. The number of benzene rings is 1. The normalized spacial score (nSPS) is 19.8. The molecule has 0 saturated carbocycles. The van der Waals surface area contributed by atoms with Crippen LogP contribution in [0.1, 0.15) is 19.4 Å². The van der Waals surface area contributed by atoms with E-state index >= 15 is 0 Å². The van der Waals surface area contributed by atoms with E-state index < -0.39 is 0 Å². The molecule has 1 aromatic carbocycles. The highest BCUT2D eigenvalue weighted by Gasteiger charge is 2.29. The summed E-state index contributed by atoms with van der Waals surface area (Å²) in [5, 5.41) is 0. The molecular formula is C10H12S. The van der Waals surface area contributed by atoms with Crippen LogP contribution in [-0.4, -0.2) is 5.75 Å². The second-order valence-corrected chi connectivity index (χ2v) is 4.69. The Morgan fingerprint density at radius 3 is 2.73 bits per heavy atom. The maximum absolute atomic E-state index is 2.31. The van der Waals surface area contributed by atoms with Crippen LogP contribution < -0.4 is 0 Å². The number of rotatable bonds is 0. The summed E-state index contributed by atoms with van der Waals surface area (Å²) in [5.74, 6) is 1.23. The zero-order valence-electron chi connectivity index (χ0n) is 6.92. The summed E-state index contributed by atoms with van der Waals surface area (Å²) < 4.78 is 0. The first kappa shape index (κ1) is 7.23. The van der Waals surface area contributed by atoms with Crippen molar-refractivity contribution in [1.82, 2.24) is 0 Å². The van der Waals surface area contributed by atoms with Crippen LogP contribution in [-0.2, 0) is 5.41 Å². The fraction of sp³-hybridized carbons (Fsp3) is 0.400. The Hall–Kier alpha value is -0.430. The van der Waals surface area contributed by atoms with Crippen LogP contribution >= 0.6 is 11.8 Å². The number of fused-ring (bicyclic) bond motifs is 1. The van der Waals surface area contributed by atoms with Crippen molar-refractivity contribution in [3.63, 3.8) is 0 Å². The minimum Gasteiger partial charge on any atom is -0.125 e. The Bertz CT molecular complexity index is 276. The van der Waals surface area contributed by atoms with Crippen LogP contribution in [0.3, 0.4) is 0 Å². The van der Waals surface area contributed by atoms with Crippen molar-refractivity contribution in [2.45, 2.75) is 24.2 Å². The molecule has 0 bridgehead atoms. The number of hydrogen-bond acceptors (Lipinski definition) is 1. The topological polar surface area (TPSA) is 0 Å². The fourth-order valence-electron chi connectivity index (χ4n) is 1.49. The lowest BCUT2D eigenvalue weighted by molar-refractivity contribution is 0.605. The second kappa shape index (κ2) is 2.28. The molecule has 1 aliphatic heterocycles. The molecule has 1 aliphatic rings. The Morgan fingerprint density at radius 1 is 1.27 bits per heavy atom. The third kappa shape index (κ3) is 1.08. The van der Waals surface area contributed by atoms with Gasteiger partial charge in [0.05, 0.1) is 0 Å². The summed E-state index contributed by atoms with van der Waals surface area (Å²) in [4.78, 5) is 1.47. The third-order valence-corrected chi connectivity index (χ3v) is 3.74. The van der Waals surface area contributed by atoms with Gasteiger partial charge in [-0.1, -0.05) is 32.0 Å². The average Bonchev–Trinajstić information content (AvgIpc) is 2.29. The Morgan fingerprint density at radius 2 is 2.00 bits per heavy atom. The lowest BCUT2D eigenvalue weighted by Gasteiger charge is -2.16. The van der Waals surface area contributed by atoms with Crippen LogP contribution in [0.5, 0.6) is 0 Å². The van der Waals surface area contributed by atoms with Crippen LogP contribution in [0.25, 0.3) is 0 Å². The van der Waals surface area contributed by atoms with Crippen LogP contribution in [0.4, 0.5) is 0 Å². The van der Waals surface area contributed by atoms with Gasteiger partial charge in [0.2, 0.25) is 0 Å². The smallest absolute Gasteiger partial charge is 0.0110 e. The third-order valence-electron chi connectivity index (χ3n) is 2.20. The van der Waals surface area contributed by atoms with Crippen molar-refractivity contribution in [3.05, 3.63) is 29.8 Å². The molecule has 0 amide bonds. The molecule has 0 radical (unpaired) electrons. The number of thioether (sulfide) groups is 1. The molecule has 0 saturated heterocycles. The zero-order chi connectivity index (χ0) is 7.90. The highest BCUT2D eigenvalue weighted by Crippen LogP contribution is 2.42.